The fourth-order valence-electron chi connectivity index (χ4n) is 4.64. The van der Waals surface area contributed by atoms with Gasteiger partial charge in [0.15, 0.2) is 0 Å². The van der Waals surface area contributed by atoms with Crippen LogP contribution in [0.2, 0.25) is 0 Å². The molecule has 38 heavy (non-hydrogen) atoms. The molecule has 0 bridgehead atoms. The molecule has 0 amide bonds. The van der Waals surface area contributed by atoms with Gasteiger partial charge < -0.3 is 14.4 Å². The summed E-state index contributed by atoms with van der Waals surface area (Å²) in [6.07, 6.45) is 6.66. The average molecular weight is 529 g/mol. The molecule has 0 fully saturated rings. The summed E-state index contributed by atoms with van der Waals surface area (Å²) in [5, 5.41) is 0. The Kier molecular flexibility index (Phi) is 6.82. The number of methoxy groups -OCH3 is 1. The number of carbonyl (C=O) groups excluding carboxylic acids is 1. The molecule has 0 aromatic heterocycles. The molecular formula is C30H28N2O5S. The van der Waals surface area contributed by atoms with E-state index in [0.717, 1.165) is 22.4 Å². The molecule has 2 heterocycles. The SMILES string of the molecule is CCOC(=O)/C=C1\[C@@H]2C=Cc3cc(OC)ccc3N2C(c2ccccc2)=CN1S(=O)(=O)c1ccc(C)cc1. The number of esters is 1. The fourth-order valence-corrected chi connectivity index (χ4v) is 6.02. The Balaban J connectivity index is 1.77. The van der Waals surface area contributed by atoms with Crippen LogP contribution in [0.1, 0.15) is 23.6 Å². The Morgan fingerprint density at radius 3 is 2.45 bits per heavy atom. The molecular weight excluding hydrogens is 500 g/mol. The first-order valence-electron chi connectivity index (χ1n) is 12.3. The maximum absolute atomic E-state index is 14.1. The molecule has 2 aliphatic rings. The van der Waals surface area contributed by atoms with E-state index in [2.05, 4.69) is 0 Å². The molecule has 0 unspecified atom stereocenters. The zero-order valence-electron chi connectivity index (χ0n) is 21.4. The first-order chi connectivity index (χ1) is 18.3. The zero-order valence-corrected chi connectivity index (χ0v) is 22.2. The van der Waals surface area contributed by atoms with Crippen molar-refractivity contribution in [1.82, 2.24) is 4.31 Å². The van der Waals surface area contributed by atoms with Gasteiger partial charge in [0.2, 0.25) is 0 Å². The van der Waals surface area contributed by atoms with Gasteiger partial charge in [0.25, 0.3) is 10.0 Å². The fraction of sp³-hybridized carbons (Fsp3) is 0.167. The second-order valence-electron chi connectivity index (χ2n) is 8.91. The number of benzene rings is 3. The van der Waals surface area contributed by atoms with E-state index in [1.165, 1.54) is 10.4 Å². The highest BCUT2D eigenvalue weighted by atomic mass is 32.2. The molecule has 0 saturated heterocycles. The molecule has 3 aromatic carbocycles. The van der Waals surface area contributed by atoms with Crippen LogP contribution in [0.5, 0.6) is 5.75 Å². The van der Waals surface area contributed by atoms with Crippen molar-refractivity contribution in [2.24, 2.45) is 0 Å². The highest BCUT2D eigenvalue weighted by Gasteiger charge is 2.40. The number of anilines is 1. The second kappa shape index (κ2) is 10.2. The van der Waals surface area contributed by atoms with Crippen molar-refractivity contribution in [3.63, 3.8) is 0 Å². The molecule has 0 N–H and O–H groups in total. The summed E-state index contributed by atoms with van der Waals surface area (Å²) in [4.78, 5) is 14.9. The second-order valence-corrected chi connectivity index (χ2v) is 10.7. The minimum Gasteiger partial charge on any atom is -0.497 e. The van der Waals surface area contributed by atoms with Gasteiger partial charge in [-0.3, -0.25) is 0 Å². The quantitative estimate of drug-likeness (QED) is 0.317. The van der Waals surface area contributed by atoms with Crippen molar-refractivity contribution in [2.45, 2.75) is 24.8 Å². The summed E-state index contributed by atoms with van der Waals surface area (Å²) in [7, 11) is -2.46. The summed E-state index contributed by atoms with van der Waals surface area (Å²) < 4.78 is 39.9. The van der Waals surface area contributed by atoms with E-state index in [1.807, 2.05) is 72.5 Å². The number of nitrogens with zero attached hydrogens (tertiary/aromatic N) is 2. The molecule has 0 saturated carbocycles. The minimum absolute atomic E-state index is 0.125. The van der Waals surface area contributed by atoms with E-state index in [-0.39, 0.29) is 17.2 Å². The molecule has 5 rings (SSSR count). The van der Waals surface area contributed by atoms with Crippen LogP contribution >= 0.6 is 0 Å². The number of hydrogen-bond acceptors (Lipinski definition) is 6. The number of sulfonamides is 1. The van der Waals surface area contributed by atoms with E-state index in [1.54, 1.807) is 44.5 Å². The number of rotatable bonds is 6. The molecule has 8 heteroatoms. The Morgan fingerprint density at radius 1 is 1.03 bits per heavy atom. The summed E-state index contributed by atoms with van der Waals surface area (Å²) in [5.74, 6) is 0.0945. The Bertz CT molecular complexity index is 1560. The van der Waals surface area contributed by atoms with Crippen LogP contribution in [-0.4, -0.2) is 38.5 Å². The lowest BCUT2D eigenvalue weighted by Crippen LogP contribution is -2.47. The first-order valence-corrected chi connectivity index (χ1v) is 13.7. The van der Waals surface area contributed by atoms with Gasteiger partial charge in [0.1, 0.15) is 5.75 Å². The van der Waals surface area contributed by atoms with Crippen LogP contribution in [0, 0.1) is 6.92 Å². The normalized spacial score (nSPS) is 17.5. The lowest BCUT2D eigenvalue weighted by molar-refractivity contribution is -0.137. The maximum Gasteiger partial charge on any atom is 0.332 e. The van der Waals surface area contributed by atoms with Crippen LogP contribution in [0.4, 0.5) is 5.69 Å². The number of hydrogen-bond donors (Lipinski definition) is 0. The van der Waals surface area contributed by atoms with Crippen LogP contribution in [0.25, 0.3) is 11.8 Å². The van der Waals surface area contributed by atoms with E-state index < -0.39 is 22.0 Å². The van der Waals surface area contributed by atoms with Gasteiger partial charge in [0, 0.05) is 23.5 Å². The monoisotopic (exact) mass is 528 g/mol. The Labute approximate surface area is 223 Å². The third-order valence-electron chi connectivity index (χ3n) is 6.49. The van der Waals surface area contributed by atoms with Gasteiger partial charge in [-0.05, 0) is 49.7 Å². The smallest absolute Gasteiger partial charge is 0.332 e. The largest absolute Gasteiger partial charge is 0.497 e. The minimum atomic E-state index is -4.07. The van der Waals surface area contributed by atoms with Crippen molar-refractivity contribution in [2.75, 3.05) is 18.6 Å². The first kappa shape index (κ1) is 25.4. The number of ether oxygens (including phenoxy) is 2. The highest BCUT2D eigenvalue weighted by molar-refractivity contribution is 7.89. The molecule has 0 spiro atoms. The summed E-state index contributed by atoms with van der Waals surface area (Å²) >= 11 is 0. The molecule has 0 radical (unpaired) electrons. The lowest BCUT2D eigenvalue weighted by Gasteiger charge is -2.45. The van der Waals surface area contributed by atoms with Crippen molar-refractivity contribution in [3.8, 4) is 5.75 Å². The van der Waals surface area contributed by atoms with Crippen LogP contribution < -0.4 is 9.64 Å². The molecule has 7 nitrogen and oxygen atoms in total. The van der Waals surface area contributed by atoms with Gasteiger partial charge in [0.05, 0.1) is 36.0 Å². The zero-order chi connectivity index (χ0) is 26.9. The van der Waals surface area contributed by atoms with Crippen molar-refractivity contribution >= 4 is 33.5 Å². The predicted octanol–water partition coefficient (Wildman–Crippen LogP) is 5.36. The van der Waals surface area contributed by atoms with E-state index in [4.69, 9.17) is 9.47 Å². The number of aryl methyl sites for hydroxylation is 1. The highest BCUT2D eigenvalue weighted by Crippen LogP contribution is 2.44. The van der Waals surface area contributed by atoms with Gasteiger partial charge in [-0.1, -0.05) is 60.2 Å². The van der Waals surface area contributed by atoms with Crippen LogP contribution in [-0.2, 0) is 19.6 Å². The van der Waals surface area contributed by atoms with Crippen molar-refractivity contribution in [1.29, 1.82) is 0 Å². The summed E-state index contributed by atoms with van der Waals surface area (Å²) in [5.41, 5.74) is 4.47. The topological polar surface area (TPSA) is 76.2 Å². The van der Waals surface area contributed by atoms with E-state index in [0.29, 0.717) is 11.4 Å². The summed E-state index contributed by atoms with van der Waals surface area (Å²) in [6, 6.07) is 21.4. The summed E-state index contributed by atoms with van der Waals surface area (Å²) in [6.45, 7) is 3.78. The van der Waals surface area contributed by atoms with Gasteiger partial charge in [-0.2, -0.15) is 0 Å². The standard InChI is InChI=1S/C30H28N2O5S/c1-4-37-30(33)19-28-27-16-12-23-18-24(36-3)13-17-26(23)32(27)29(22-8-6-5-7-9-22)20-31(28)38(34,35)25-14-10-21(2)11-15-25/h5-20,27H,4H2,1-3H3/b28-19+/t27-/m0/s1. The van der Waals surface area contributed by atoms with Crippen molar-refractivity contribution < 1.29 is 22.7 Å². The number of carbonyl (C=O) groups is 1. The van der Waals surface area contributed by atoms with E-state index >= 15 is 0 Å². The molecule has 0 aliphatic carbocycles. The van der Waals surface area contributed by atoms with Gasteiger partial charge >= 0.3 is 5.97 Å². The number of fused-ring (bicyclic) bond motifs is 3. The third kappa shape index (κ3) is 4.59. The third-order valence-corrected chi connectivity index (χ3v) is 8.19. The Hall–Kier alpha value is -4.30. The van der Waals surface area contributed by atoms with Crippen LogP contribution in [0.15, 0.2) is 102 Å². The Morgan fingerprint density at radius 2 is 1.76 bits per heavy atom. The molecule has 1 atom stereocenters. The van der Waals surface area contributed by atoms with Crippen LogP contribution in [0.3, 0.4) is 0 Å². The molecule has 194 valence electrons. The van der Waals surface area contributed by atoms with Gasteiger partial charge in [-0.25, -0.2) is 17.5 Å². The maximum atomic E-state index is 14.1. The average Bonchev–Trinajstić information content (AvgIpc) is 2.93. The lowest BCUT2D eigenvalue weighted by atomic mass is 9.95. The van der Waals surface area contributed by atoms with E-state index in [9.17, 15) is 13.2 Å². The van der Waals surface area contributed by atoms with Gasteiger partial charge in [-0.15, -0.1) is 0 Å². The predicted molar refractivity (Wildman–Crippen MR) is 148 cm³/mol. The van der Waals surface area contributed by atoms with Crippen molar-refractivity contribution in [3.05, 3.63) is 114 Å². The molecule has 2 aliphatic heterocycles. The molecule has 3 aromatic rings.